The smallest absolute Gasteiger partial charge is 0.390 e. The lowest BCUT2D eigenvalue weighted by Crippen LogP contribution is -2.08. The molecule has 0 fully saturated rings. The fourth-order valence-corrected chi connectivity index (χ4v) is 0.399. The Balaban J connectivity index is 0.000001000. The van der Waals surface area contributed by atoms with Gasteiger partial charge in [-0.1, -0.05) is 5.10 Å². The Labute approximate surface area is 66.7 Å². The Morgan fingerprint density at radius 2 is 2.36 bits per heavy atom. The molecule has 0 atom stereocenters. The standard InChI is InChI=1S/C2H4N6O2.ClH/c3-5-1-4-2(7-6-1)8(9)10;/h3H2,(H2,4,5,6,7);1H. The first kappa shape index (κ1) is 9.59. The molecule has 1 rings (SSSR count). The second-order valence-electron chi connectivity index (χ2n) is 1.38. The van der Waals surface area contributed by atoms with Gasteiger partial charge in [-0.25, -0.2) is 5.84 Å². The molecule has 62 valence electrons. The topological polar surface area (TPSA) is 123 Å². The van der Waals surface area contributed by atoms with Gasteiger partial charge < -0.3 is 10.1 Å². The van der Waals surface area contributed by atoms with Crippen LogP contribution in [0.25, 0.3) is 0 Å². The van der Waals surface area contributed by atoms with Crippen LogP contribution in [0.2, 0.25) is 0 Å². The normalized spacial score (nSPS) is 8.45. The molecule has 1 aromatic rings. The Morgan fingerprint density at radius 3 is 2.64 bits per heavy atom. The number of H-pyrrole nitrogens is 1. The molecule has 0 aliphatic rings. The third-order valence-electron chi connectivity index (χ3n) is 0.776. The molecule has 0 saturated heterocycles. The van der Waals surface area contributed by atoms with Crippen LogP contribution in [0.15, 0.2) is 0 Å². The summed E-state index contributed by atoms with van der Waals surface area (Å²) < 4.78 is 0. The number of nitrogens with two attached hydrogens (primary N) is 1. The Hall–Kier alpha value is -1.41. The fraction of sp³-hybridized carbons (Fsp3) is 0. The lowest BCUT2D eigenvalue weighted by Gasteiger charge is -1.83. The number of halogens is 1. The van der Waals surface area contributed by atoms with Gasteiger partial charge in [-0.15, -0.1) is 17.5 Å². The van der Waals surface area contributed by atoms with Crippen LogP contribution in [-0.4, -0.2) is 20.1 Å². The lowest BCUT2D eigenvalue weighted by atomic mass is 11.0. The first-order valence-electron chi connectivity index (χ1n) is 2.27. The number of nitro groups is 1. The molecule has 0 radical (unpaired) electrons. The van der Waals surface area contributed by atoms with E-state index >= 15 is 0 Å². The molecule has 0 saturated carbocycles. The first-order chi connectivity index (χ1) is 4.74. The summed E-state index contributed by atoms with van der Waals surface area (Å²) in [6.07, 6.45) is 0. The number of aromatic nitrogens is 3. The highest BCUT2D eigenvalue weighted by Gasteiger charge is 2.11. The summed E-state index contributed by atoms with van der Waals surface area (Å²) in [6, 6.07) is 0. The van der Waals surface area contributed by atoms with Gasteiger partial charge in [0.1, 0.15) is 0 Å². The maximum atomic E-state index is 9.93. The van der Waals surface area contributed by atoms with Gasteiger partial charge in [0.2, 0.25) is 0 Å². The maximum absolute atomic E-state index is 9.93. The van der Waals surface area contributed by atoms with E-state index < -0.39 is 10.9 Å². The van der Waals surface area contributed by atoms with E-state index in [1.807, 2.05) is 5.43 Å². The number of nitrogen functional groups attached to an aromatic ring is 1. The number of hydrogen-bond donors (Lipinski definition) is 3. The zero-order chi connectivity index (χ0) is 7.56. The molecule has 1 aromatic heterocycles. The van der Waals surface area contributed by atoms with Crippen molar-refractivity contribution in [2.45, 2.75) is 0 Å². The van der Waals surface area contributed by atoms with Crippen LogP contribution in [0.5, 0.6) is 0 Å². The van der Waals surface area contributed by atoms with E-state index in [9.17, 15) is 10.1 Å². The zero-order valence-electron chi connectivity index (χ0n) is 5.14. The molecule has 0 unspecified atom stereocenters. The minimum atomic E-state index is -0.701. The number of anilines is 1. The molecular formula is C2H5ClN6O2. The van der Waals surface area contributed by atoms with Crippen LogP contribution >= 0.6 is 12.4 Å². The van der Waals surface area contributed by atoms with Crippen molar-refractivity contribution in [2.24, 2.45) is 5.84 Å². The van der Waals surface area contributed by atoms with E-state index in [1.165, 1.54) is 0 Å². The van der Waals surface area contributed by atoms with Gasteiger partial charge in [-0.2, -0.15) is 0 Å². The third kappa shape index (κ3) is 2.02. The number of nitrogens with zero attached hydrogens (tertiary/aromatic N) is 3. The molecule has 0 aliphatic carbocycles. The Morgan fingerprint density at radius 1 is 1.73 bits per heavy atom. The average molecular weight is 181 g/mol. The van der Waals surface area contributed by atoms with Gasteiger partial charge in [0, 0.05) is 0 Å². The van der Waals surface area contributed by atoms with Crippen LogP contribution in [0.1, 0.15) is 0 Å². The number of hydrazine groups is 1. The minimum absolute atomic E-state index is 0. The molecule has 1 heterocycles. The molecule has 0 amide bonds. The van der Waals surface area contributed by atoms with Gasteiger partial charge in [0.05, 0.1) is 0 Å². The van der Waals surface area contributed by atoms with Gasteiger partial charge in [-0.3, -0.25) is 5.43 Å². The summed E-state index contributed by atoms with van der Waals surface area (Å²) in [5, 5.41) is 15.3. The van der Waals surface area contributed by atoms with Crippen molar-refractivity contribution in [3.8, 4) is 0 Å². The number of rotatable bonds is 2. The summed E-state index contributed by atoms with van der Waals surface area (Å²) in [5.41, 5.74) is 2.04. The van der Waals surface area contributed by atoms with Crippen molar-refractivity contribution >= 4 is 24.3 Å². The second kappa shape index (κ2) is 3.68. The van der Waals surface area contributed by atoms with Gasteiger partial charge in [-0.05, 0) is 9.91 Å². The summed E-state index contributed by atoms with van der Waals surface area (Å²) in [7, 11) is 0. The summed E-state index contributed by atoms with van der Waals surface area (Å²) in [6.45, 7) is 0. The van der Waals surface area contributed by atoms with E-state index in [1.54, 1.807) is 0 Å². The van der Waals surface area contributed by atoms with Gasteiger partial charge in [0.15, 0.2) is 0 Å². The van der Waals surface area contributed by atoms with Crippen LogP contribution in [0.4, 0.5) is 11.9 Å². The molecule has 0 aromatic carbocycles. The van der Waals surface area contributed by atoms with E-state index in [0.717, 1.165) is 0 Å². The zero-order valence-corrected chi connectivity index (χ0v) is 5.96. The molecule has 11 heavy (non-hydrogen) atoms. The highest BCUT2D eigenvalue weighted by molar-refractivity contribution is 5.85. The quantitative estimate of drug-likeness (QED) is 0.318. The van der Waals surface area contributed by atoms with Crippen molar-refractivity contribution in [3.05, 3.63) is 10.1 Å². The predicted molar refractivity (Wildman–Crippen MR) is 38.1 cm³/mol. The van der Waals surface area contributed by atoms with Crippen molar-refractivity contribution in [1.82, 2.24) is 15.2 Å². The molecule has 0 aliphatic heterocycles. The molecule has 9 heteroatoms. The monoisotopic (exact) mass is 180 g/mol. The summed E-state index contributed by atoms with van der Waals surface area (Å²) >= 11 is 0. The van der Waals surface area contributed by atoms with Crippen molar-refractivity contribution < 1.29 is 4.92 Å². The molecule has 0 spiro atoms. The van der Waals surface area contributed by atoms with Crippen LogP contribution in [0.3, 0.4) is 0 Å². The highest BCUT2D eigenvalue weighted by atomic mass is 35.5. The van der Waals surface area contributed by atoms with E-state index in [2.05, 4.69) is 15.2 Å². The highest BCUT2D eigenvalue weighted by Crippen LogP contribution is 2.02. The minimum Gasteiger partial charge on any atom is -0.390 e. The first-order valence-corrected chi connectivity index (χ1v) is 2.27. The van der Waals surface area contributed by atoms with Crippen molar-refractivity contribution in [1.29, 1.82) is 0 Å². The van der Waals surface area contributed by atoms with Crippen LogP contribution in [-0.2, 0) is 0 Å². The van der Waals surface area contributed by atoms with E-state index in [0.29, 0.717) is 0 Å². The molecule has 4 N–H and O–H groups in total. The van der Waals surface area contributed by atoms with E-state index in [4.69, 9.17) is 5.84 Å². The Bertz CT molecular complexity index is 246. The lowest BCUT2D eigenvalue weighted by molar-refractivity contribution is -0.394. The van der Waals surface area contributed by atoms with Crippen molar-refractivity contribution in [2.75, 3.05) is 5.43 Å². The Kier molecular flexibility index (Phi) is 3.21. The number of aromatic amines is 1. The van der Waals surface area contributed by atoms with Crippen LogP contribution < -0.4 is 11.3 Å². The third-order valence-corrected chi connectivity index (χ3v) is 0.776. The average Bonchev–Trinajstić information content (AvgIpc) is 2.34. The van der Waals surface area contributed by atoms with Gasteiger partial charge >= 0.3 is 11.9 Å². The molecule has 0 bridgehead atoms. The van der Waals surface area contributed by atoms with Crippen molar-refractivity contribution in [3.63, 3.8) is 0 Å². The predicted octanol–water partition coefficient (Wildman–Crippen LogP) is -0.580. The maximum Gasteiger partial charge on any atom is 0.455 e. The second-order valence-corrected chi connectivity index (χ2v) is 1.38. The number of nitrogens with one attached hydrogen (secondary N) is 2. The van der Waals surface area contributed by atoms with Gasteiger partial charge in [0.25, 0.3) is 0 Å². The summed E-state index contributed by atoms with van der Waals surface area (Å²) in [4.78, 5) is 12.6. The fourth-order valence-electron chi connectivity index (χ4n) is 0.399. The summed E-state index contributed by atoms with van der Waals surface area (Å²) in [5.74, 6) is 4.40. The SMILES string of the molecule is Cl.NNc1n[nH]c([N+](=O)[O-])n1. The molecule has 8 nitrogen and oxygen atoms in total. The van der Waals surface area contributed by atoms with E-state index in [-0.39, 0.29) is 18.4 Å². The largest absolute Gasteiger partial charge is 0.455 e. The molecular weight excluding hydrogens is 176 g/mol. The van der Waals surface area contributed by atoms with Crippen LogP contribution in [0, 0.1) is 10.1 Å². The number of hydrogen-bond acceptors (Lipinski definition) is 6.